The average molecular weight is 248 g/mol. The lowest BCUT2D eigenvalue weighted by molar-refractivity contribution is 0.0697. The fraction of sp³-hybridized carbons (Fsp3) is 0.385. The summed E-state index contributed by atoms with van der Waals surface area (Å²) in [5.41, 5.74) is 1.64. The van der Waals surface area contributed by atoms with Crippen LogP contribution >= 0.6 is 0 Å². The van der Waals surface area contributed by atoms with Crippen molar-refractivity contribution in [3.05, 3.63) is 29.6 Å². The van der Waals surface area contributed by atoms with Crippen LogP contribution in [-0.4, -0.2) is 33.8 Å². The Labute approximate surface area is 105 Å². The van der Waals surface area contributed by atoms with Gasteiger partial charge in [0.2, 0.25) is 0 Å². The number of nitrogens with zero attached hydrogens (tertiary/aromatic N) is 2. The lowest BCUT2D eigenvalue weighted by atomic mass is 10.2. The molecular weight excluding hydrogens is 232 g/mol. The molecule has 18 heavy (non-hydrogen) atoms. The first-order chi connectivity index (χ1) is 8.54. The van der Waals surface area contributed by atoms with E-state index >= 15 is 0 Å². The second kappa shape index (κ2) is 4.78. The highest BCUT2D eigenvalue weighted by Crippen LogP contribution is 2.21. The summed E-state index contributed by atoms with van der Waals surface area (Å²) in [4.78, 5) is 15.6. The third kappa shape index (κ3) is 2.09. The van der Waals surface area contributed by atoms with Crippen LogP contribution < -0.4 is 0 Å². The predicted molar refractivity (Wildman–Crippen MR) is 67.9 cm³/mol. The van der Waals surface area contributed by atoms with Gasteiger partial charge in [0.05, 0.1) is 29.2 Å². The molecule has 0 spiro atoms. The molecule has 1 aromatic carbocycles. The molecule has 0 aliphatic heterocycles. The molecule has 1 aromatic heterocycles. The quantitative estimate of drug-likeness (QED) is 0.899. The van der Waals surface area contributed by atoms with Crippen LogP contribution in [-0.2, 0) is 11.3 Å². The molecule has 0 bridgehead atoms. The number of fused-ring (bicyclic) bond motifs is 1. The first-order valence-electron chi connectivity index (χ1n) is 5.76. The van der Waals surface area contributed by atoms with Crippen LogP contribution in [0.3, 0.4) is 0 Å². The van der Waals surface area contributed by atoms with E-state index in [-0.39, 0.29) is 11.7 Å². The van der Waals surface area contributed by atoms with Gasteiger partial charge in [-0.3, -0.25) is 0 Å². The molecule has 1 heterocycles. The molecule has 0 saturated carbocycles. The minimum atomic E-state index is -0.938. The van der Waals surface area contributed by atoms with E-state index in [4.69, 9.17) is 4.74 Å². The Balaban J connectivity index is 2.63. The van der Waals surface area contributed by atoms with Gasteiger partial charge in [-0.1, -0.05) is 6.07 Å². The Morgan fingerprint density at radius 3 is 2.89 bits per heavy atom. The number of hydrogen-bond acceptors (Lipinski definition) is 3. The summed E-state index contributed by atoms with van der Waals surface area (Å²) in [6.45, 7) is 4.39. The van der Waals surface area contributed by atoms with Crippen LogP contribution in [0.1, 0.15) is 23.1 Å². The van der Waals surface area contributed by atoms with Gasteiger partial charge in [0.25, 0.3) is 0 Å². The highest BCUT2D eigenvalue weighted by Gasteiger charge is 2.16. The fourth-order valence-corrected chi connectivity index (χ4v) is 2.03. The molecule has 2 rings (SSSR count). The lowest BCUT2D eigenvalue weighted by Crippen LogP contribution is -2.16. The van der Waals surface area contributed by atoms with Crippen LogP contribution in [0.2, 0.25) is 0 Å². The van der Waals surface area contributed by atoms with Crippen molar-refractivity contribution in [2.75, 3.05) is 7.11 Å². The molecule has 96 valence electrons. The third-order valence-electron chi connectivity index (χ3n) is 3.03. The third-order valence-corrected chi connectivity index (χ3v) is 3.03. The number of aryl methyl sites for hydroxylation is 1. The van der Waals surface area contributed by atoms with Crippen LogP contribution in [0.5, 0.6) is 0 Å². The standard InChI is InChI=1S/C13H16N2O3/c1-8(18-3)7-15-9(2)14-11-6-4-5-10(12(11)15)13(16)17/h4-6,8H,7H2,1-3H3,(H,16,17). The first kappa shape index (κ1) is 12.6. The number of ether oxygens (including phenoxy) is 1. The largest absolute Gasteiger partial charge is 0.478 e. The van der Waals surface area contributed by atoms with Crippen LogP contribution in [0.25, 0.3) is 11.0 Å². The van der Waals surface area contributed by atoms with E-state index in [0.29, 0.717) is 17.6 Å². The summed E-state index contributed by atoms with van der Waals surface area (Å²) in [6.07, 6.45) is 0.00273. The van der Waals surface area contributed by atoms with Crippen molar-refractivity contribution in [3.63, 3.8) is 0 Å². The molecule has 2 aromatic rings. The van der Waals surface area contributed by atoms with Crippen molar-refractivity contribution in [2.24, 2.45) is 0 Å². The van der Waals surface area contributed by atoms with Crippen LogP contribution in [0.15, 0.2) is 18.2 Å². The molecule has 0 amide bonds. The lowest BCUT2D eigenvalue weighted by Gasteiger charge is -2.13. The van der Waals surface area contributed by atoms with E-state index < -0.39 is 5.97 Å². The Hall–Kier alpha value is -1.88. The van der Waals surface area contributed by atoms with E-state index in [9.17, 15) is 9.90 Å². The highest BCUT2D eigenvalue weighted by atomic mass is 16.5. The maximum atomic E-state index is 11.3. The van der Waals surface area contributed by atoms with Crippen LogP contribution in [0.4, 0.5) is 0 Å². The SMILES string of the molecule is COC(C)Cn1c(C)nc2cccc(C(=O)O)c21. The summed E-state index contributed by atoms with van der Waals surface area (Å²) in [5, 5.41) is 9.24. The van der Waals surface area contributed by atoms with Crippen LogP contribution in [0, 0.1) is 6.92 Å². The number of carbonyl (C=O) groups is 1. The molecule has 1 atom stereocenters. The zero-order valence-electron chi connectivity index (χ0n) is 10.7. The number of aromatic nitrogens is 2. The van der Waals surface area contributed by atoms with E-state index in [1.165, 1.54) is 0 Å². The van der Waals surface area contributed by atoms with Gasteiger partial charge in [-0.25, -0.2) is 9.78 Å². The number of hydrogen-bond donors (Lipinski definition) is 1. The first-order valence-corrected chi connectivity index (χ1v) is 5.76. The maximum Gasteiger partial charge on any atom is 0.337 e. The summed E-state index contributed by atoms with van der Waals surface area (Å²) in [7, 11) is 1.64. The van der Waals surface area contributed by atoms with Gasteiger partial charge in [-0.05, 0) is 26.0 Å². The van der Waals surface area contributed by atoms with E-state index in [2.05, 4.69) is 4.98 Å². The predicted octanol–water partition coefficient (Wildman–Crippen LogP) is 2.08. The van der Waals surface area contributed by atoms with Gasteiger partial charge in [0.1, 0.15) is 5.82 Å². The van der Waals surface area contributed by atoms with E-state index in [1.807, 2.05) is 24.5 Å². The van der Waals surface area contributed by atoms with Gasteiger partial charge in [-0.15, -0.1) is 0 Å². The van der Waals surface area contributed by atoms with E-state index in [0.717, 1.165) is 5.82 Å². The number of imidazole rings is 1. The number of carboxylic acid groups (broad SMARTS) is 1. The Morgan fingerprint density at radius 1 is 1.56 bits per heavy atom. The molecule has 5 heteroatoms. The Kier molecular flexibility index (Phi) is 3.34. The van der Waals surface area contributed by atoms with Gasteiger partial charge >= 0.3 is 5.97 Å². The highest BCUT2D eigenvalue weighted by molar-refractivity contribution is 6.01. The molecule has 0 aliphatic carbocycles. The molecule has 0 fully saturated rings. The normalized spacial score (nSPS) is 12.8. The van der Waals surface area contributed by atoms with Crippen molar-refractivity contribution < 1.29 is 14.6 Å². The van der Waals surface area contributed by atoms with Gasteiger partial charge < -0.3 is 14.4 Å². The number of benzene rings is 1. The fourth-order valence-electron chi connectivity index (χ4n) is 2.03. The second-order valence-corrected chi connectivity index (χ2v) is 4.29. The zero-order chi connectivity index (χ0) is 13.3. The van der Waals surface area contributed by atoms with Crippen molar-refractivity contribution in [1.29, 1.82) is 0 Å². The average Bonchev–Trinajstić information content (AvgIpc) is 2.65. The number of aromatic carboxylic acids is 1. The molecule has 5 nitrogen and oxygen atoms in total. The molecular formula is C13H16N2O3. The van der Waals surface area contributed by atoms with E-state index in [1.54, 1.807) is 19.2 Å². The zero-order valence-corrected chi connectivity index (χ0v) is 10.7. The molecule has 0 aliphatic rings. The number of carboxylic acids is 1. The molecule has 1 N–H and O–H groups in total. The molecule has 0 radical (unpaired) electrons. The van der Waals surface area contributed by atoms with Gasteiger partial charge in [0.15, 0.2) is 0 Å². The van der Waals surface area contributed by atoms with Crippen molar-refractivity contribution in [3.8, 4) is 0 Å². The smallest absolute Gasteiger partial charge is 0.337 e. The Morgan fingerprint density at radius 2 is 2.28 bits per heavy atom. The number of rotatable bonds is 4. The van der Waals surface area contributed by atoms with Gasteiger partial charge in [-0.2, -0.15) is 0 Å². The second-order valence-electron chi connectivity index (χ2n) is 4.29. The summed E-state index contributed by atoms with van der Waals surface area (Å²) < 4.78 is 7.13. The minimum absolute atomic E-state index is 0.00273. The number of para-hydroxylation sites is 1. The molecule has 1 unspecified atom stereocenters. The summed E-state index contributed by atoms with van der Waals surface area (Å²) in [5.74, 6) is -0.144. The topological polar surface area (TPSA) is 64.4 Å². The molecule has 0 saturated heterocycles. The van der Waals surface area contributed by atoms with Crippen molar-refractivity contribution in [1.82, 2.24) is 9.55 Å². The monoisotopic (exact) mass is 248 g/mol. The summed E-state index contributed by atoms with van der Waals surface area (Å²) >= 11 is 0. The summed E-state index contributed by atoms with van der Waals surface area (Å²) in [6, 6.07) is 5.13. The number of methoxy groups -OCH3 is 1. The van der Waals surface area contributed by atoms with Crippen molar-refractivity contribution >= 4 is 17.0 Å². The maximum absolute atomic E-state index is 11.3. The van der Waals surface area contributed by atoms with Gasteiger partial charge in [0, 0.05) is 7.11 Å². The van der Waals surface area contributed by atoms with Crippen molar-refractivity contribution in [2.45, 2.75) is 26.5 Å². The minimum Gasteiger partial charge on any atom is -0.478 e. The Bertz CT molecular complexity index is 589.